The van der Waals surface area contributed by atoms with Crippen LogP contribution in [0.4, 0.5) is 4.79 Å². The Balaban J connectivity index is 2.17. The molecule has 0 unspecified atom stereocenters. The van der Waals surface area contributed by atoms with Crippen LogP contribution in [-0.4, -0.2) is 40.3 Å². The zero-order valence-corrected chi connectivity index (χ0v) is 13.0. The van der Waals surface area contributed by atoms with Crippen LogP contribution in [0.5, 0.6) is 0 Å². The molecule has 1 saturated carbocycles. The van der Waals surface area contributed by atoms with Gasteiger partial charge in [-0.05, 0) is 44.9 Å². The molecule has 0 bridgehead atoms. The van der Waals surface area contributed by atoms with Gasteiger partial charge in [0.2, 0.25) is 0 Å². The summed E-state index contributed by atoms with van der Waals surface area (Å²) >= 11 is 0. The molecule has 1 N–H and O–H groups in total. The Labute approximate surface area is 120 Å². The number of hydrogen-bond donors (Lipinski definition) is 1. The summed E-state index contributed by atoms with van der Waals surface area (Å²) in [5.41, 5.74) is -0.919. The van der Waals surface area contributed by atoms with E-state index in [0.717, 1.165) is 12.8 Å². The van der Waals surface area contributed by atoms with Gasteiger partial charge < -0.3 is 14.7 Å². The van der Waals surface area contributed by atoms with Gasteiger partial charge in [-0.2, -0.15) is 0 Å². The van der Waals surface area contributed by atoms with Crippen molar-refractivity contribution >= 4 is 12.1 Å². The molecule has 1 amide bonds. The van der Waals surface area contributed by atoms with E-state index in [2.05, 4.69) is 0 Å². The fraction of sp³-hybridized carbons (Fsp3) is 0.867. The third-order valence-corrected chi connectivity index (χ3v) is 4.56. The molecule has 2 rings (SSSR count). The first-order valence-electron chi connectivity index (χ1n) is 7.28. The molecule has 1 heterocycles. The molecular formula is C15H25NO4. The number of hydrogen-bond acceptors (Lipinski definition) is 3. The summed E-state index contributed by atoms with van der Waals surface area (Å²) in [5.74, 6) is -1.05. The first-order valence-corrected chi connectivity index (χ1v) is 7.28. The van der Waals surface area contributed by atoms with Crippen molar-refractivity contribution in [2.24, 2.45) is 17.3 Å². The van der Waals surface area contributed by atoms with Gasteiger partial charge in [-0.25, -0.2) is 4.79 Å². The van der Waals surface area contributed by atoms with Gasteiger partial charge in [0.15, 0.2) is 0 Å². The summed E-state index contributed by atoms with van der Waals surface area (Å²) in [6.45, 7) is 10.1. The average molecular weight is 283 g/mol. The Bertz CT molecular complexity index is 424. The van der Waals surface area contributed by atoms with E-state index in [-0.39, 0.29) is 24.0 Å². The number of fused-ring (bicyclic) bond motifs is 1. The minimum Gasteiger partial charge on any atom is -0.481 e. The lowest BCUT2D eigenvalue weighted by Gasteiger charge is -2.62. The van der Waals surface area contributed by atoms with Gasteiger partial charge in [-0.3, -0.25) is 4.79 Å². The lowest BCUT2D eigenvalue weighted by Crippen LogP contribution is -2.70. The number of nitrogens with zero attached hydrogens (tertiary/aromatic N) is 1. The van der Waals surface area contributed by atoms with Crippen LogP contribution >= 0.6 is 0 Å². The maximum absolute atomic E-state index is 12.3. The Morgan fingerprint density at radius 1 is 1.30 bits per heavy atom. The number of ether oxygens (including phenoxy) is 1. The molecule has 114 valence electrons. The molecule has 5 heteroatoms. The normalized spacial score (nSPS) is 32.0. The molecule has 20 heavy (non-hydrogen) atoms. The number of aliphatic carboxylic acids is 1. The van der Waals surface area contributed by atoms with Crippen molar-refractivity contribution in [3.8, 4) is 0 Å². The van der Waals surface area contributed by atoms with Gasteiger partial charge in [0.05, 0.1) is 5.92 Å². The van der Waals surface area contributed by atoms with Crippen molar-refractivity contribution in [3.05, 3.63) is 0 Å². The maximum atomic E-state index is 12.3. The first-order chi connectivity index (χ1) is 9.05. The highest BCUT2D eigenvalue weighted by Gasteiger charge is 2.63. The van der Waals surface area contributed by atoms with E-state index in [1.54, 1.807) is 4.90 Å². The second-order valence-electron chi connectivity index (χ2n) is 7.56. The van der Waals surface area contributed by atoms with E-state index in [0.29, 0.717) is 6.54 Å². The quantitative estimate of drug-likeness (QED) is 0.803. The van der Waals surface area contributed by atoms with Gasteiger partial charge in [-0.1, -0.05) is 13.8 Å². The third kappa shape index (κ3) is 2.38. The van der Waals surface area contributed by atoms with Crippen LogP contribution in [0, 0.1) is 17.3 Å². The van der Waals surface area contributed by atoms with E-state index >= 15 is 0 Å². The van der Waals surface area contributed by atoms with Crippen molar-refractivity contribution in [1.82, 2.24) is 4.90 Å². The molecule has 3 atom stereocenters. The molecule has 1 aliphatic carbocycles. The van der Waals surface area contributed by atoms with Crippen LogP contribution in [0.2, 0.25) is 0 Å². The topological polar surface area (TPSA) is 66.8 Å². The Morgan fingerprint density at radius 3 is 2.40 bits per heavy atom. The zero-order valence-electron chi connectivity index (χ0n) is 13.0. The SMILES string of the molecule is CC(C)(C)OC(=O)N1CCC[C@@H]2[C@@H](C(=O)O)C(C)(C)[C@H]21. The van der Waals surface area contributed by atoms with Crippen LogP contribution in [0.3, 0.4) is 0 Å². The Kier molecular flexibility index (Phi) is 3.51. The molecule has 1 saturated heterocycles. The first kappa shape index (κ1) is 15.1. The smallest absolute Gasteiger partial charge is 0.410 e. The highest BCUT2D eigenvalue weighted by Crippen LogP contribution is 2.57. The number of amides is 1. The van der Waals surface area contributed by atoms with Crippen molar-refractivity contribution in [2.75, 3.05) is 6.54 Å². The zero-order chi connectivity index (χ0) is 15.3. The highest BCUT2D eigenvalue weighted by molar-refractivity contribution is 5.75. The number of carboxylic acids is 1. The molecule has 0 aromatic heterocycles. The van der Waals surface area contributed by atoms with Crippen molar-refractivity contribution < 1.29 is 19.4 Å². The van der Waals surface area contributed by atoms with E-state index < -0.39 is 17.0 Å². The van der Waals surface area contributed by atoms with Crippen molar-refractivity contribution in [1.29, 1.82) is 0 Å². The summed E-state index contributed by atoms with van der Waals surface area (Å²) in [7, 11) is 0. The van der Waals surface area contributed by atoms with Gasteiger partial charge in [0.25, 0.3) is 0 Å². The number of carbonyl (C=O) groups excluding carboxylic acids is 1. The molecule has 2 aliphatic rings. The fourth-order valence-corrected chi connectivity index (χ4v) is 3.97. The van der Waals surface area contributed by atoms with E-state index in [4.69, 9.17) is 4.74 Å². The number of rotatable bonds is 1. The van der Waals surface area contributed by atoms with Gasteiger partial charge in [0.1, 0.15) is 5.60 Å². The summed E-state index contributed by atoms with van der Waals surface area (Å²) in [5, 5.41) is 9.38. The number of carboxylic acid groups (broad SMARTS) is 1. The average Bonchev–Trinajstić information content (AvgIpc) is 2.24. The van der Waals surface area contributed by atoms with Crippen LogP contribution in [0.15, 0.2) is 0 Å². The number of carbonyl (C=O) groups is 2. The monoisotopic (exact) mass is 283 g/mol. The molecular weight excluding hydrogens is 258 g/mol. The van der Waals surface area contributed by atoms with E-state index in [1.165, 1.54) is 0 Å². The highest BCUT2D eigenvalue weighted by atomic mass is 16.6. The lowest BCUT2D eigenvalue weighted by atomic mass is 9.49. The molecule has 2 fully saturated rings. The van der Waals surface area contributed by atoms with E-state index in [1.807, 2.05) is 34.6 Å². The fourth-order valence-electron chi connectivity index (χ4n) is 3.97. The van der Waals surface area contributed by atoms with Gasteiger partial charge >= 0.3 is 12.1 Å². The molecule has 1 aliphatic heterocycles. The second-order valence-corrected chi connectivity index (χ2v) is 7.56. The molecule has 0 spiro atoms. The van der Waals surface area contributed by atoms with Crippen molar-refractivity contribution in [2.45, 2.75) is 59.1 Å². The Hall–Kier alpha value is -1.26. The van der Waals surface area contributed by atoms with Gasteiger partial charge in [0, 0.05) is 12.6 Å². The largest absolute Gasteiger partial charge is 0.481 e. The van der Waals surface area contributed by atoms with Gasteiger partial charge in [-0.15, -0.1) is 0 Å². The van der Waals surface area contributed by atoms with Crippen LogP contribution in [0.1, 0.15) is 47.5 Å². The minimum atomic E-state index is -0.748. The number of piperidine rings is 1. The molecule has 0 aromatic carbocycles. The Morgan fingerprint density at radius 2 is 1.90 bits per heavy atom. The third-order valence-electron chi connectivity index (χ3n) is 4.56. The predicted molar refractivity (Wildman–Crippen MR) is 74.4 cm³/mol. The minimum absolute atomic E-state index is 0.0211. The number of likely N-dealkylation sites (tertiary alicyclic amines) is 1. The van der Waals surface area contributed by atoms with Crippen molar-refractivity contribution in [3.63, 3.8) is 0 Å². The summed E-state index contributed by atoms with van der Waals surface area (Å²) in [6, 6.07) is -0.0211. The molecule has 0 radical (unpaired) electrons. The maximum Gasteiger partial charge on any atom is 0.410 e. The van der Waals surface area contributed by atoms with Crippen LogP contribution in [0.25, 0.3) is 0 Å². The molecule has 0 aromatic rings. The summed E-state index contributed by atoms with van der Waals surface area (Å²) in [6.07, 6.45) is 1.41. The second kappa shape index (κ2) is 4.64. The summed E-state index contributed by atoms with van der Waals surface area (Å²) < 4.78 is 5.46. The predicted octanol–water partition coefficient (Wildman–Crippen LogP) is 2.74. The standard InChI is InChI=1S/C15H25NO4/c1-14(2,3)20-13(19)16-8-6-7-9-10(12(17)18)15(4,5)11(9)16/h9-11H,6-8H2,1-5H3,(H,17,18)/t9-,10+,11+/m1/s1. The van der Waals surface area contributed by atoms with E-state index in [9.17, 15) is 14.7 Å². The van der Waals surface area contributed by atoms with Crippen LogP contribution in [-0.2, 0) is 9.53 Å². The molecule has 5 nitrogen and oxygen atoms in total. The lowest BCUT2D eigenvalue weighted by molar-refractivity contribution is -0.183. The van der Waals surface area contributed by atoms with Crippen LogP contribution < -0.4 is 0 Å². The summed E-state index contributed by atoms with van der Waals surface area (Å²) in [4.78, 5) is 25.5.